The van der Waals surface area contributed by atoms with Gasteiger partial charge in [-0.25, -0.2) is 4.98 Å². The van der Waals surface area contributed by atoms with Crippen LogP contribution in [-0.2, 0) is 6.42 Å². The molecular weight excluding hydrogens is 268 g/mol. The van der Waals surface area contributed by atoms with E-state index in [0.717, 1.165) is 35.7 Å². The van der Waals surface area contributed by atoms with Crippen molar-refractivity contribution in [3.8, 4) is 0 Å². The smallest absolute Gasteiger partial charge is 0.197 e. The number of thiazole rings is 1. The van der Waals surface area contributed by atoms with Crippen LogP contribution in [0.25, 0.3) is 0 Å². The van der Waals surface area contributed by atoms with E-state index in [1.165, 1.54) is 0 Å². The van der Waals surface area contributed by atoms with Crippen LogP contribution in [0.3, 0.4) is 0 Å². The molecule has 0 radical (unpaired) electrons. The van der Waals surface area contributed by atoms with Crippen molar-refractivity contribution in [1.29, 1.82) is 0 Å². The van der Waals surface area contributed by atoms with E-state index in [1.807, 2.05) is 13.0 Å². The quantitative estimate of drug-likeness (QED) is 0.872. The molecule has 2 aromatic rings. The number of hydrogen-bond acceptors (Lipinski definition) is 4. The Bertz CT molecular complexity index is 495. The number of aromatic nitrogens is 1. The third-order valence-corrected chi connectivity index (χ3v) is 4.00. The summed E-state index contributed by atoms with van der Waals surface area (Å²) in [4.78, 5) is 4.50. The minimum atomic E-state index is 0.168. The van der Waals surface area contributed by atoms with Crippen LogP contribution in [0.2, 0.25) is 5.22 Å². The first-order valence-corrected chi connectivity index (χ1v) is 7.33. The Morgan fingerprint density at radius 3 is 2.94 bits per heavy atom. The Morgan fingerprint density at radius 2 is 2.39 bits per heavy atom. The maximum atomic E-state index is 6.06. The molecule has 2 rings (SSSR count). The summed E-state index contributed by atoms with van der Waals surface area (Å²) in [6.45, 7) is 5.12. The van der Waals surface area contributed by atoms with Crippen molar-refractivity contribution in [3.05, 3.63) is 39.2 Å². The van der Waals surface area contributed by atoms with Gasteiger partial charge in [0, 0.05) is 29.1 Å². The molecule has 98 valence electrons. The van der Waals surface area contributed by atoms with Crippen LogP contribution in [0.5, 0.6) is 0 Å². The summed E-state index contributed by atoms with van der Waals surface area (Å²) in [6, 6.07) is 2.09. The van der Waals surface area contributed by atoms with Crippen LogP contribution in [0.4, 0.5) is 0 Å². The van der Waals surface area contributed by atoms with E-state index in [-0.39, 0.29) is 6.04 Å². The van der Waals surface area contributed by atoms with Crippen molar-refractivity contribution in [2.75, 3.05) is 6.54 Å². The second-order valence-electron chi connectivity index (χ2n) is 4.24. The van der Waals surface area contributed by atoms with Gasteiger partial charge in [-0.1, -0.05) is 6.92 Å². The predicted octanol–water partition coefficient (Wildman–Crippen LogP) is 3.98. The second-order valence-corrected chi connectivity index (χ2v) is 5.53. The maximum absolute atomic E-state index is 6.06. The summed E-state index contributed by atoms with van der Waals surface area (Å²) < 4.78 is 5.18. The summed E-state index contributed by atoms with van der Waals surface area (Å²) in [6.07, 6.45) is 3.56. The van der Waals surface area contributed by atoms with Gasteiger partial charge in [0.05, 0.1) is 11.3 Å². The Labute approximate surface area is 116 Å². The third kappa shape index (κ3) is 3.34. The van der Waals surface area contributed by atoms with Crippen molar-refractivity contribution in [2.24, 2.45) is 0 Å². The van der Waals surface area contributed by atoms with Crippen molar-refractivity contribution in [2.45, 2.75) is 32.7 Å². The lowest BCUT2D eigenvalue weighted by atomic mass is 10.1. The van der Waals surface area contributed by atoms with Gasteiger partial charge in [-0.2, -0.15) is 0 Å². The Morgan fingerprint density at radius 1 is 1.56 bits per heavy atom. The fourth-order valence-corrected chi connectivity index (χ4v) is 2.90. The molecular formula is C13H17ClN2OS. The summed E-state index contributed by atoms with van der Waals surface area (Å²) in [5.74, 6) is 0. The van der Waals surface area contributed by atoms with Gasteiger partial charge in [-0.3, -0.25) is 0 Å². The van der Waals surface area contributed by atoms with Gasteiger partial charge in [0.25, 0.3) is 0 Å². The zero-order chi connectivity index (χ0) is 13.0. The number of furan rings is 1. The monoisotopic (exact) mass is 284 g/mol. The predicted molar refractivity (Wildman–Crippen MR) is 75.3 cm³/mol. The molecule has 1 atom stereocenters. The van der Waals surface area contributed by atoms with E-state index < -0.39 is 0 Å². The molecule has 0 amide bonds. The standard InChI is InChI=1S/C13H17ClN2OS/c1-3-5-15-11(10-4-6-17-13(10)14)7-12-16-9(2)8-18-12/h4,6,8,11,15H,3,5,7H2,1-2H3. The molecule has 0 aromatic carbocycles. The molecule has 18 heavy (non-hydrogen) atoms. The average molecular weight is 285 g/mol. The van der Waals surface area contributed by atoms with Crippen molar-refractivity contribution in [3.63, 3.8) is 0 Å². The molecule has 0 spiro atoms. The number of halogens is 1. The lowest BCUT2D eigenvalue weighted by Gasteiger charge is -2.16. The molecule has 5 heteroatoms. The topological polar surface area (TPSA) is 38.1 Å². The number of nitrogens with zero attached hydrogens (tertiary/aromatic N) is 1. The Kier molecular flexibility index (Phi) is 4.80. The summed E-state index contributed by atoms with van der Waals surface area (Å²) >= 11 is 7.75. The van der Waals surface area contributed by atoms with Gasteiger partial charge in [-0.15, -0.1) is 11.3 Å². The molecule has 1 unspecified atom stereocenters. The largest absolute Gasteiger partial charge is 0.453 e. The summed E-state index contributed by atoms with van der Waals surface area (Å²) in [7, 11) is 0. The van der Waals surface area contributed by atoms with E-state index in [2.05, 4.69) is 22.6 Å². The highest BCUT2D eigenvalue weighted by atomic mass is 35.5. The Balaban J connectivity index is 2.12. The van der Waals surface area contributed by atoms with E-state index >= 15 is 0 Å². The SMILES string of the molecule is CCCNC(Cc1nc(C)cs1)c1ccoc1Cl. The fraction of sp³-hybridized carbons (Fsp3) is 0.462. The third-order valence-electron chi connectivity index (χ3n) is 2.71. The Hall–Kier alpha value is -0.840. The highest BCUT2D eigenvalue weighted by Crippen LogP contribution is 2.27. The van der Waals surface area contributed by atoms with Crippen LogP contribution >= 0.6 is 22.9 Å². The molecule has 3 nitrogen and oxygen atoms in total. The van der Waals surface area contributed by atoms with Gasteiger partial charge in [0.1, 0.15) is 0 Å². The van der Waals surface area contributed by atoms with Crippen molar-refractivity contribution >= 4 is 22.9 Å². The first-order valence-electron chi connectivity index (χ1n) is 6.08. The molecule has 0 bridgehead atoms. The molecule has 0 aliphatic rings. The van der Waals surface area contributed by atoms with Gasteiger partial charge in [0.2, 0.25) is 0 Å². The first-order chi connectivity index (χ1) is 8.70. The lowest BCUT2D eigenvalue weighted by molar-refractivity contribution is 0.512. The summed E-state index contributed by atoms with van der Waals surface area (Å²) in [5.41, 5.74) is 2.08. The zero-order valence-corrected chi connectivity index (χ0v) is 12.1. The van der Waals surface area contributed by atoms with Gasteiger partial charge >= 0.3 is 0 Å². The van der Waals surface area contributed by atoms with Gasteiger partial charge in [0.15, 0.2) is 5.22 Å². The molecule has 0 saturated heterocycles. The molecule has 0 saturated carbocycles. The minimum absolute atomic E-state index is 0.168. The number of nitrogens with one attached hydrogen (secondary N) is 1. The van der Waals surface area contributed by atoms with E-state index in [0.29, 0.717) is 5.22 Å². The molecule has 2 aromatic heterocycles. The molecule has 0 fully saturated rings. The normalized spacial score (nSPS) is 12.8. The van der Waals surface area contributed by atoms with E-state index in [9.17, 15) is 0 Å². The fourth-order valence-electron chi connectivity index (χ4n) is 1.84. The number of rotatable bonds is 6. The average Bonchev–Trinajstić information content (AvgIpc) is 2.93. The first kappa shape index (κ1) is 13.6. The van der Waals surface area contributed by atoms with Crippen LogP contribution in [-0.4, -0.2) is 11.5 Å². The number of aryl methyl sites for hydroxylation is 1. The van der Waals surface area contributed by atoms with Crippen LogP contribution < -0.4 is 5.32 Å². The van der Waals surface area contributed by atoms with E-state index in [4.69, 9.17) is 16.0 Å². The maximum Gasteiger partial charge on any atom is 0.197 e. The molecule has 0 aliphatic carbocycles. The van der Waals surface area contributed by atoms with Gasteiger partial charge < -0.3 is 9.73 Å². The molecule has 0 aliphatic heterocycles. The highest BCUT2D eigenvalue weighted by molar-refractivity contribution is 7.09. The van der Waals surface area contributed by atoms with Crippen LogP contribution in [0.15, 0.2) is 22.1 Å². The lowest BCUT2D eigenvalue weighted by Crippen LogP contribution is -2.24. The number of hydrogen-bond donors (Lipinski definition) is 1. The second kappa shape index (κ2) is 6.36. The van der Waals surface area contributed by atoms with E-state index in [1.54, 1.807) is 17.6 Å². The summed E-state index contributed by atoms with van der Waals surface area (Å²) in [5, 5.41) is 7.16. The molecule has 2 heterocycles. The van der Waals surface area contributed by atoms with Crippen molar-refractivity contribution in [1.82, 2.24) is 10.3 Å². The van der Waals surface area contributed by atoms with Crippen LogP contribution in [0.1, 0.15) is 35.7 Å². The minimum Gasteiger partial charge on any atom is -0.453 e. The van der Waals surface area contributed by atoms with Crippen LogP contribution in [0, 0.1) is 6.92 Å². The van der Waals surface area contributed by atoms with Gasteiger partial charge in [-0.05, 0) is 37.6 Å². The highest BCUT2D eigenvalue weighted by Gasteiger charge is 2.18. The zero-order valence-electron chi connectivity index (χ0n) is 10.6. The molecule has 1 N–H and O–H groups in total. The van der Waals surface area contributed by atoms with Crippen molar-refractivity contribution < 1.29 is 4.42 Å².